The van der Waals surface area contributed by atoms with Gasteiger partial charge in [-0.3, -0.25) is 9.59 Å². The number of ether oxygens (including phenoxy) is 1. The van der Waals surface area contributed by atoms with Crippen molar-refractivity contribution >= 4 is 29.1 Å². The minimum absolute atomic E-state index is 0.139. The molecule has 0 saturated carbocycles. The normalized spacial score (nSPS) is 11.6. The van der Waals surface area contributed by atoms with Gasteiger partial charge in [0.15, 0.2) is 0 Å². The number of hydrogen-bond donors (Lipinski definition) is 1. The van der Waals surface area contributed by atoms with Crippen LogP contribution in [0.3, 0.4) is 0 Å². The zero-order chi connectivity index (χ0) is 15.8. The van der Waals surface area contributed by atoms with Crippen LogP contribution in [0.15, 0.2) is 16.8 Å². The molecule has 0 fully saturated rings. The maximum absolute atomic E-state index is 11.9. The van der Waals surface area contributed by atoms with Gasteiger partial charge >= 0.3 is 5.97 Å². The van der Waals surface area contributed by atoms with Gasteiger partial charge in [0.25, 0.3) is 5.91 Å². The Kier molecular flexibility index (Phi) is 6.87. The molecule has 0 spiro atoms. The summed E-state index contributed by atoms with van der Waals surface area (Å²) in [5, 5.41) is 6.35. The number of methoxy groups -OCH3 is 1. The Balaban J connectivity index is 2.27. The zero-order valence-corrected chi connectivity index (χ0v) is 13.2. The van der Waals surface area contributed by atoms with E-state index in [1.165, 1.54) is 23.3 Å². The minimum Gasteiger partial charge on any atom is -0.467 e. The van der Waals surface area contributed by atoms with Gasteiger partial charge in [-0.2, -0.15) is 11.3 Å². The third-order valence-electron chi connectivity index (χ3n) is 3.15. The summed E-state index contributed by atoms with van der Waals surface area (Å²) in [6.45, 7) is 2.03. The monoisotopic (exact) mass is 312 g/mol. The molecule has 7 heteroatoms. The van der Waals surface area contributed by atoms with Crippen molar-refractivity contribution in [2.75, 3.05) is 20.7 Å². The van der Waals surface area contributed by atoms with Crippen LogP contribution in [0.25, 0.3) is 0 Å². The molecule has 2 amide bonds. The Hall–Kier alpha value is -1.89. The smallest absolute Gasteiger partial charge is 0.328 e. The number of esters is 1. The molecule has 0 aliphatic rings. The molecule has 116 valence electrons. The van der Waals surface area contributed by atoms with Crippen LogP contribution in [0, 0.1) is 0 Å². The molecule has 0 saturated heterocycles. The fourth-order valence-electron chi connectivity index (χ4n) is 1.66. The molecule has 6 nitrogen and oxygen atoms in total. The Morgan fingerprint density at radius 3 is 2.71 bits per heavy atom. The number of hydrogen-bond acceptors (Lipinski definition) is 5. The molecule has 1 atom stereocenters. The lowest BCUT2D eigenvalue weighted by Gasteiger charge is -2.22. The van der Waals surface area contributed by atoms with Gasteiger partial charge in [0, 0.05) is 31.0 Å². The number of carbonyl (C=O) groups is 3. The highest BCUT2D eigenvalue weighted by atomic mass is 32.1. The fourth-order valence-corrected chi connectivity index (χ4v) is 2.29. The van der Waals surface area contributed by atoms with Crippen LogP contribution in [-0.4, -0.2) is 49.4 Å². The van der Waals surface area contributed by atoms with Gasteiger partial charge in [-0.25, -0.2) is 4.79 Å². The lowest BCUT2D eigenvalue weighted by atomic mass is 10.2. The largest absolute Gasteiger partial charge is 0.467 e. The summed E-state index contributed by atoms with van der Waals surface area (Å²) in [4.78, 5) is 36.2. The average Bonchev–Trinajstić information content (AvgIpc) is 3.03. The van der Waals surface area contributed by atoms with E-state index in [1.807, 2.05) is 5.38 Å². The SMILES string of the molecule is COC(=O)C(C)N(C)C(=O)CCCNC(=O)c1ccsc1. The van der Waals surface area contributed by atoms with Crippen LogP contribution in [0.4, 0.5) is 0 Å². The van der Waals surface area contributed by atoms with E-state index >= 15 is 0 Å². The predicted molar refractivity (Wildman–Crippen MR) is 80.1 cm³/mol. The van der Waals surface area contributed by atoms with Crippen LogP contribution in [0.2, 0.25) is 0 Å². The molecule has 0 aliphatic heterocycles. The zero-order valence-electron chi connectivity index (χ0n) is 12.4. The highest BCUT2D eigenvalue weighted by molar-refractivity contribution is 7.08. The Morgan fingerprint density at radius 2 is 2.14 bits per heavy atom. The van der Waals surface area contributed by atoms with Crippen molar-refractivity contribution in [1.29, 1.82) is 0 Å². The standard InChI is InChI=1S/C14H20N2O4S/c1-10(14(19)20-3)16(2)12(17)5-4-7-15-13(18)11-6-8-21-9-11/h6,8-10H,4-5,7H2,1-3H3,(H,15,18). The van der Waals surface area contributed by atoms with E-state index in [0.29, 0.717) is 18.5 Å². The van der Waals surface area contributed by atoms with E-state index in [0.717, 1.165) is 0 Å². The van der Waals surface area contributed by atoms with Crippen molar-refractivity contribution < 1.29 is 19.1 Å². The third-order valence-corrected chi connectivity index (χ3v) is 3.84. The Morgan fingerprint density at radius 1 is 1.43 bits per heavy atom. The molecule has 1 rings (SSSR count). The van der Waals surface area contributed by atoms with E-state index in [9.17, 15) is 14.4 Å². The van der Waals surface area contributed by atoms with Crippen LogP contribution in [0.1, 0.15) is 30.1 Å². The number of thiophene rings is 1. The molecular weight excluding hydrogens is 292 g/mol. The first-order chi connectivity index (χ1) is 9.97. The first-order valence-corrected chi connectivity index (χ1v) is 7.55. The summed E-state index contributed by atoms with van der Waals surface area (Å²) in [7, 11) is 2.85. The maximum Gasteiger partial charge on any atom is 0.328 e. The van der Waals surface area contributed by atoms with Crippen molar-refractivity contribution in [3.8, 4) is 0 Å². The molecule has 1 heterocycles. The number of carbonyl (C=O) groups excluding carboxylic acids is 3. The summed E-state index contributed by atoms with van der Waals surface area (Å²) in [5.41, 5.74) is 0.628. The van der Waals surface area contributed by atoms with Crippen LogP contribution in [0.5, 0.6) is 0 Å². The number of amides is 2. The van der Waals surface area contributed by atoms with Gasteiger partial charge in [0.05, 0.1) is 7.11 Å². The van der Waals surface area contributed by atoms with Gasteiger partial charge < -0.3 is 15.0 Å². The van der Waals surface area contributed by atoms with E-state index < -0.39 is 12.0 Å². The van der Waals surface area contributed by atoms with Gasteiger partial charge in [-0.15, -0.1) is 0 Å². The summed E-state index contributed by atoms with van der Waals surface area (Å²) < 4.78 is 4.59. The second-order valence-electron chi connectivity index (χ2n) is 4.58. The molecule has 1 aromatic rings. The lowest BCUT2D eigenvalue weighted by molar-refractivity contribution is -0.151. The van der Waals surface area contributed by atoms with E-state index in [-0.39, 0.29) is 18.2 Å². The van der Waals surface area contributed by atoms with Crippen molar-refractivity contribution in [1.82, 2.24) is 10.2 Å². The van der Waals surface area contributed by atoms with Crippen molar-refractivity contribution in [3.05, 3.63) is 22.4 Å². The first-order valence-electron chi connectivity index (χ1n) is 6.61. The first kappa shape index (κ1) is 17.2. The minimum atomic E-state index is -0.608. The van der Waals surface area contributed by atoms with Gasteiger partial charge in [0.1, 0.15) is 6.04 Å². The van der Waals surface area contributed by atoms with Crippen molar-refractivity contribution in [2.24, 2.45) is 0 Å². The van der Waals surface area contributed by atoms with Crippen LogP contribution in [-0.2, 0) is 14.3 Å². The summed E-state index contributed by atoms with van der Waals surface area (Å²) in [6.07, 6.45) is 0.786. The molecular formula is C14H20N2O4S. The predicted octanol–water partition coefficient (Wildman–Crippen LogP) is 1.28. The topological polar surface area (TPSA) is 75.7 Å². The highest BCUT2D eigenvalue weighted by Crippen LogP contribution is 2.06. The number of nitrogens with zero attached hydrogens (tertiary/aromatic N) is 1. The molecule has 21 heavy (non-hydrogen) atoms. The Bertz CT molecular complexity index is 487. The summed E-state index contributed by atoms with van der Waals surface area (Å²) >= 11 is 1.46. The Labute approximate surface area is 128 Å². The molecule has 0 bridgehead atoms. The molecule has 1 unspecified atom stereocenters. The van der Waals surface area contributed by atoms with Crippen molar-refractivity contribution in [3.63, 3.8) is 0 Å². The fraction of sp³-hybridized carbons (Fsp3) is 0.500. The quantitative estimate of drug-likeness (QED) is 0.608. The number of nitrogens with one attached hydrogen (secondary N) is 1. The van der Waals surface area contributed by atoms with E-state index in [2.05, 4.69) is 10.1 Å². The lowest BCUT2D eigenvalue weighted by Crippen LogP contribution is -2.41. The van der Waals surface area contributed by atoms with E-state index in [1.54, 1.807) is 25.4 Å². The third kappa shape index (κ3) is 5.18. The number of rotatable bonds is 7. The van der Waals surface area contributed by atoms with Gasteiger partial charge in [-0.05, 0) is 24.8 Å². The summed E-state index contributed by atoms with van der Waals surface area (Å²) in [6, 6.07) is 1.14. The molecule has 0 aromatic carbocycles. The second kappa shape index (κ2) is 8.41. The average molecular weight is 312 g/mol. The molecule has 0 aliphatic carbocycles. The van der Waals surface area contributed by atoms with Crippen LogP contribution < -0.4 is 5.32 Å². The maximum atomic E-state index is 11.9. The molecule has 0 radical (unpaired) electrons. The van der Waals surface area contributed by atoms with Crippen molar-refractivity contribution in [2.45, 2.75) is 25.8 Å². The molecule has 1 N–H and O–H groups in total. The van der Waals surface area contributed by atoms with Crippen LogP contribution >= 0.6 is 11.3 Å². The summed E-state index contributed by atoms with van der Waals surface area (Å²) in [5.74, 6) is -0.741. The number of likely N-dealkylation sites (N-methyl/N-ethyl adjacent to an activating group) is 1. The van der Waals surface area contributed by atoms with Gasteiger partial charge in [-0.1, -0.05) is 0 Å². The molecule has 1 aromatic heterocycles. The van der Waals surface area contributed by atoms with Gasteiger partial charge in [0.2, 0.25) is 5.91 Å². The second-order valence-corrected chi connectivity index (χ2v) is 5.36. The van der Waals surface area contributed by atoms with E-state index in [4.69, 9.17) is 0 Å². The highest BCUT2D eigenvalue weighted by Gasteiger charge is 2.22.